The lowest BCUT2D eigenvalue weighted by atomic mass is 10.1. The first-order chi connectivity index (χ1) is 8.63. The van der Waals surface area contributed by atoms with Crippen LogP contribution < -0.4 is 22.1 Å². The third-order valence-electron chi connectivity index (χ3n) is 2.96. The second-order valence-electron chi connectivity index (χ2n) is 4.19. The van der Waals surface area contributed by atoms with Gasteiger partial charge in [-0.25, -0.2) is 0 Å². The number of hydrogen-bond donors (Lipinski definition) is 4. The Kier molecular flexibility index (Phi) is 3.69. The molecule has 0 aromatic carbocycles. The van der Waals surface area contributed by atoms with Gasteiger partial charge in [0.05, 0.1) is 5.69 Å². The number of nitrogens with one attached hydrogen (secondary N) is 2. The zero-order chi connectivity index (χ0) is 13.1. The average molecular weight is 265 g/mol. The Balaban J connectivity index is 2.24. The number of nitrogens with zero attached hydrogens (tertiary/aromatic N) is 1. The highest BCUT2D eigenvalue weighted by atomic mass is 32.1. The van der Waals surface area contributed by atoms with Gasteiger partial charge >= 0.3 is 0 Å². The third kappa shape index (κ3) is 2.39. The lowest BCUT2D eigenvalue weighted by molar-refractivity contribution is 0.100. The van der Waals surface area contributed by atoms with E-state index in [4.69, 9.17) is 16.7 Å². The largest absolute Gasteiger partial charge is 0.396 e. The van der Waals surface area contributed by atoms with Crippen LogP contribution in [0.4, 0.5) is 10.7 Å². The van der Waals surface area contributed by atoms with Crippen LogP contribution in [0.2, 0.25) is 0 Å². The average Bonchev–Trinajstić information content (AvgIpc) is 2.67. The van der Waals surface area contributed by atoms with E-state index in [9.17, 15) is 4.79 Å². The SMILES string of the molecule is N#Cc1c(NC2CCNCC2)sc(C(N)=O)c1N. The second-order valence-corrected chi connectivity index (χ2v) is 5.21. The first kappa shape index (κ1) is 12.7. The van der Waals surface area contributed by atoms with E-state index in [0.717, 1.165) is 37.3 Å². The van der Waals surface area contributed by atoms with Gasteiger partial charge in [0.2, 0.25) is 0 Å². The lowest BCUT2D eigenvalue weighted by Crippen LogP contribution is -2.35. The van der Waals surface area contributed by atoms with E-state index in [2.05, 4.69) is 10.6 Å². The van der Waals surface area contributed by atoms with Crippen LogP contribution in [-0.4, -0.2) is 25.0 Å². The fourth-order valence-electron chi connectivity index (χ4n) is 1.99. The molecule has 0 unspecified atom stereocenters. The van der Waals surface area contributed by atoms with Crippen molar-refractivity contribution in [1.82, 2.24) is 5.32 Å². The summed E-state index contributed by atoms with van der Waals surface area (Å²) in [6, 6.07) is 2.33. The monoisotopic (exact) mass is 265 g/mol. The summed E-state index contributed by atoms with van der Waals surface area (Å²) in [5, 5.41) is 16.3. The van der Waals surface area contributed by atoms with Crippen molar-refractivity contribution in [2.24, 2.45) is 5.73 Å². The topological polar surface area (TPSA) is 117 Å². The van der Waals surface area contributed by atoms with Crippen molar-refractivity contribution in [3.8, 4) is 6.07 Å². The lowest BCUT2D eigenvalue weighted by Gasteiger charge is -2.24. The molecule has 1 aliphatic heterocycles. The van der Waals surface area contributed by atoms with Crippen LogP contribution in [0.3, 0.4) is 0 Å². The minimum atomic E-state index is -0.590. The fourth-order valence-corrected chi connectivity index (χ4v) is 2.99. The van der Waals surface area contributed by atoms with Crippen LogP contribution in [0.25, 0.3) is 0 Å². The molecule has 1 aromatic heterocycles. The highest BCUT2D eigenvalue weighted by molar-refractivity contribution is 7.18. The van der Waals surface area contributed by atoms with Crippen LogP contribution in [0, 0.1) is 11.3 Å². The number of hydrogen-bond acceptors (Lipinski definition) is 6. The molecule has 18 heavy (non-hydrogen) atoms. The van der Waals surface area contributed by atoms with Gasteiger partial charge in [-0.15, -0.1) is 11.3 Å². The molecule has 2 rings (SSSR count). The molecular weight excluding hydrogens is 250 g/mol. The molecule has 1 aromatic rings. The maximum atomic E-state index is 11.2. The Morgan fingerprint density at radius 1 is 1.50 bits per heavy atom. The molecule has 1 fully saturated rings. The zero-order valence-corrected chi connectivity index (χ0v) is 10.6. The number of carbonyl (C=O) groups excluding carboxylic acids is 1. The predicted molar refractivity (Wildman–Crippen MR) is 71.5 cm³/mol. The fraction of sp³-hybridized carbons (Fsp3) is 0.455. The number of amides is 1. The molecule has 1 aliphatic rings. The van der Waals surface area contributed by atoms with Crippen LogP contribution in [-0.2, 0) is 0 Å². The highest BCUT2D eigenvalue weighted by Gasteiger charge is 2.22. The van der Waals surface area contributed by atoms with Crippen LogP contribution >= 0.6 is 11.3 Å². The number of thiophene rings is 1. The summed E-state index contributed by atoms with van der Waals surface area (Å²) in [4.78, 5) is 11.5. The van der Waals surface area contributed by atoms with E-state index >= 15 is 0 Å². The normalized spacial score (nSPS) is 16.2. The van der Waals surface area contributed by atoms with Gasteiger partial charge in [-0.05, 0) is 25.9 Å². The number of nitrogens with two attached hydrogens (primary N) is 2. The van der Waals surface area contributed by atoms with Crippen molar-refractivity contribution in [1.29, 1.82) is 5.26 Å². The quantitative estimate of drug-likeness (QED) is 0.633. The zero-order valence-electron chi connectivity index (χ0n) is 9.82. The van der Waals surface area contributed by atoms with Gasteiger partial charge in [-0.2, -0.15) is 5.26 Å². The van der Waals surface area contributed by atoms with Gasteiger partial charge < -0.3 is 22.1 Å². The van der Waals surface area contributed by atoms with Gasteiger partial charge in [0.1, 0.15) is 21.5 Å². The van der Waals surface area contributed by atoms with Gasteiger partial charge in [-0.1, -0.05) is 0 Å². The highest BCUT2D eigenvalue weighted by Crippen LogP contribution is 2.35. The molecule has 6 nitrogen and oxygen atoms in total. The molecule has 0 saturated carbocycles. The third-order valence-corrected chi connectivity index (χ3v) is 4.11. The van der Waals surface area contributed by atoms with Gasteiger partial charge in [0.25, 0.3) is 5.91 Å². The second kappa shape index (κ2) is 5.25. The minimum Gasteiger partial charge on any atom is -0.396 e. The van der Waals surface area contributed by atoms with E-state index in [-0.39, 0.29) is 10.6 Å². The van der Waals surface area contributed by atoms with E-state index in [1.165, 1.54) is 0 Å². The van der Waals surface area contributed by atoms with Gasteiger partial charge in [-0.3, -0.25) is 4.79 Å². The summed E-state index contributed by atoms with van der Waals surface area (Å²) >= 11 is 1.16. The molecule has 6 N–H and O–H groups in total. The molecule has 7 heteroatoms. The Labute approximate surface area is 109 Å². The summed E-state index contributed by atoms with van der Waals surface area (Å²) in [6.07, 6.45) is 1.96. The predicted octanol–water partition coefficient (Wildman–Crippen LogP) is 0.465. The summed E-state index contributed by atoms with van der Waals surface area (Å²) in [5.41, 5.74) is 11.5. The van der Waals surface area contributed by atoms with Gasteiger partial charge in [0, 0.05) is 6.04 Å². The number of piperidine rings is 1. The Morgan fingerprint density at radius 3 is 2.72 bits per heavy atom. The van der Waals surface area contributed by atoms with E-state index < -0.39 is 5.91 Å². The molecule has 0 bridgehead atoms. The minimum absolute atomic E-state index is 0.187. The van der Waals surface area contributed by atoms with Crippen LogP contribution in [0.15, 0.2) is 0 Å². The number of anilines is 2. The molecule has 0 spiro atoms. The Hall–Kier alpha value is -1.78. The number of nitrogen functional groups attached to an aromatic ring is 1. The maximum absolute atomic E-state index is 11.2. The number of rotatable bonds is 3. The summed E-state index contributed by atoms with van der Waals surface area (Å²) in [5.74, 6) is -0.590. The molecular formula is C11H15N5OS. The van der Waals surface area contributed by atoms with E-state index in [1.807, 2.05) is 6.07 Å². The molecule has 0 aliphatic carbocycles. The van der Waals surface area contributed by atoms with Crippen molar-refractivity contribution in [2.45, 2.75) is 18.9 Å². The van der Waals surface area contributed by atoms with Crippen molar-refractivity contribution in [2.75, 3.05) is 24.1 Å². The summed E-state index contributed by atoms with van der Waals surface area (Å²) in [6.45, 7) is 1.90. The first-order valence-corrected chi connectivity index (χ1v) is 6.54. The molecule has 1 saturated heterocycles. The summed E-state index contributed by atoms with van der Waals surface area (Å²) in [7, 11) is 0. The maximum Gasteiger partial charge on any atom is 0.261 e. The Morgan fingerprint density at radius 2 is 2.17 bits per heavy atom. The molecule has 96 valence electrons. The molecule has 0 atom stereocenters. The van der Waals surface area contributed by atoms with Crippen molar-refractivity contribution >= 4 is 27.9 Å². The first-order valence-electron chi connectivity index (χ1n) is 5.73. The number of carbonyl (C=O) groups is 1. The Bertz CT molecular complexity index is 498. The van der Waals surface area contributed by atoms with Crippen LogP contribution in [0.1, 0.15) is 28.1 Å². The molecule has 1 amide bonds. The van der Waals surface area contributed by atoms with Crippen molar-refractivity contribution in [3.63, 3.8) is 0 Å². The van der Waals surface area contributed by atoms with Crippen LogP contribution in [0.5, 0.6) is 0 Å². The molecule has 2 heterocycles. The van der Waals surface area contributed by atoms with E-state index in [0.29, 0.717) is 16.6 Å². The summed E-state index contributed by atoms with van der Waals surface area (Å²) < 4.78 is 0. The molecule has 0 radical (unpaired) electrons. The number of nitriles is 1. The van der Waals surface area contributed by atoms with E-state index in [1.54, 1.807) is 0 Å². The smallest absolute Gasteiger partial charge is 0.261 e. The van der Waals surface area contributed by atoms with Crippen molar-refractivity contribution in [3.05, 3.63) is 10.4 Å². The standard InChI is InChI=1S/C11H15N5OS/c12-5-7-8(13)9(10(14)17)18-11(7)16-6-1-3-15-4-2-6/h6,15-16H,1-4,13H2,(H2,14,17). The van der Waals surface area contributed by atoms with Crippen molar-refractivity contribution < 1.29 is 4.79 Å². The van der Waals surface area contributed by atoms with Gasteiger partial charge in [0.15, 0.2) is 0 Å². The number of primary amides is 1.